The Morgan fingerprint density at radius 3 is 2.57 bits per heavy atom. The van der Waals surface area contributed by atoms with Crippen LogP contribution >= 0.6 is 0 Å². The molecule has 1 amide bonds. The fraction of sp³-hybridized carbons (Fsp3) is 0.273. The number of nitrogens with one attached hydrogen (secondary N) is 1. The van der Waals surface area contributed by atoms with Crippen molar-refractivity contribution in [1.29, 1.82) is 0 Å². The van der Waals surface area contributed by atoms with E-state index >= 15 is 0 Å². The molecule has 0 spiro atoms. The van der Waals surface area contributed by atoms with Gasteiger partial charge >= 0.3 is 2.85 Å². The number of fused-ring (bicyclic) bond motifs is 4. The largest absolute Gasteiger partial charge is 1.00 e. The van der Waals surface area contributed by atoms with E-state index in [0.29, 0.717) is 12.2 Å². The Labute approximate surface area is 190 Å². The van der Waals surface area contributed by atoms with E-state index in [1.165, 1.54) is 0 Å². The monoisotopic (exact) mass is 448 g/mol. The molecule has 4 aromatic rings. The van der Waals surface area contributed by atoms with Crippen molar-refractivity contribution in [3.63, 3.8) is 0 Å². The predicted molar refractivity (Wildman–Crippen MR) is 115 cm³/mol. The molecule has 2 heterocycles. The fourth-order valence-corrected chi connectivity index (χ4v) is 3.94. The number of carbonyl (C=O) groups excluding carboxylic acids is 1. The summed E-state index contributed by atoms with van der Waals surface area (Å²) in [5, 5.41) is 16.7. The van der Waals surface area contributed by atoms with Gasteiger partial charge in [-0.3, -0.25) is 9.78 Å². The summed E-state index contributed by atoms with van der Waals surface area (Å²) in [5.74, 6) is 0.0554. The van der Waals surface area contributed by atoms with Gasteiger partial charge in [0.05, 0.1) is 5.52 Å². The summed E-state index contributed by atoms with van der Waals surface area (Å²) < 4.78 is 2.14. The zero-order valence-electron chi connectivity index (χ0n) is 19.3. The Bertz CT molecular complexity index is 1250. The summed E-state index contributed by atoms with van der Waals surface area (Å²) in [7, 11) is 5.97. The highest BCUT2D eigenvalue weighted by Crippen LogP contribution is 2.36. The minimum atomic E-state index is -0.172. The smallest absolute Gasteiger partial charge is 1.00 e. The first-order valence-corrected chi connectivity index (χ1v) is 9.31. The number of phenolic OH excluding ortho intramolecular Hbond substituents is 1. The number of hydrogen-bond donors (Lipinski definition) is 2. The number of benzene rings is 2. The lowest BCUT2D eigenvalue weighted by atomic mass is 10.00. The fourth-order valence-electron chi connectivity index (χ4n) is 3.94. The van der Waals surface area contributed by atoms with Gasteiger partial charge in [-0.25, -0.2) is 0 Å². The number of aromatic nitrogens is 2. The summed E-state index contributed by atoms with van der Waals surface area (Å²) in [4.78, 5) is 19.2. The van der Waals surface area contributed by atoms with Crippen molar-refractivity contribution in [3.8, 4) is 5.75 Å². The van der Waals surface area contributed by atoms with E-state index in [0.717, 1.165) is 44.7 Å². The highest BCUT2D eigenvalue weighted by Gasteiger charge is 2.18. The molecule has 0 aliphatic rings. The maximum atomic E-state index is 12.8. The van der Waals surface area contributed by atoms with Crippen LogP contribution in [0.2, 0.25) is 0 Å². The Kier molecular flexibility index (Phi) is 7.18. The normalized spacial score (nSPS) is 11.0. The van der Waals surface area contributed by atoms with Crippen LogP contribution in [-0.2, 0) is 7.05 Å². The number of rotatable bonds is 4. The molecule has 0 unspecified atom stereocenters. The number of likely N-dealkylation sites (N-methyl/N-ethyl adjacent to an activating group) is 1. The van der Waals surface area contributed by atoms with Gasteiger partial charge < -0.3 is 44.7 Å². The third kappa shape index (κ3) is 3.90. The number of carbonyl (C=O) groups is 1. The molecule has 0 atom stereocenters. The van der Waals surface area contributed by atoms with Crippen LogP contribution in [-0.4, -0.2) is 52.6 Å². The molecule has 4 rings (SSSR count). The molecule has 160 valence electrons. The molecule has 2 aromatic carbocycles. The minimum Gasteiger partial charge on any atom is -1.00 e. The van der Waals surface area contributed by atoms with Gasteiger partial charge in [0.25, 0.3) is 5.91 Å². The van der Waals surface area contributed by atoms with Gasteiger partial charge in [-0.2, -0.15) is 0 Å². The molecule has 2 N–H and O–H groups in total. The molecular formula is C22H26Cl2N4O2. The van der Waals surface area contributed by atoms with E-state index in [1.807, 2.05) is 44.2 Å². The zero-order valence-corrected chi connectivity index (χ0v) is 18.8. The van der Waals surface area contributed by atoms with Crippen molar-refractivity contribution in [2.75, 3.05) is 27.2 Å². The Morgan fingerprint density at radius 2 is 1.87 bits per heavy atom. The van der Waals surface area contributed by atoms with E-state index in [9.17, 15) is 9.90 Å². The highest BCUT2D eigenvalue weighted by molar-refractivity contribution is 6.17. The van der Waals surface area contributed by atoms with Gasteiger partial charge in [0.2, 0.25) is 0 Å². The molecule has 0 bridgehead atoms. The Morgan fingerprint density at radius 1 is 1.13 bits per heavy atom. The quantitative estimate of drug-likeness (QED) is 0.359. The first-order chi connectivity index (χ1) is 13.4. The molecule has 2 aromatic heterocycles. The van der Waals surface area contributed by atoms with Gasteiger partial charge in [-0.05, 0) is 62.3 Å². The molecule has 0 fully saturated rings. The number of hydrogen-bond acceptors (Lipinski definition) is 4. The van der Waals surface area contributed by atoms with E-state index < -0.39 is 0 Å². The summed E-state index contributed by atoms with van der Waals surface area (Å²) >= 11 is 0. The summed E-state index contributed by atoms with van der Waals surface area (Å²) in [6.07, 6.45) is 1.69. The van der Waals surface area contributed by atoms with Crippen LogP contribution in [0.15, 0.2) is 36.5 Å². The van der Waals surface area contributed by atoms with Crippen molar-refractivity contribution in [2.24, 2.45) is 7.05 Å². The molecule has 0 saturated heterocycles. The van der Waals surface area contributed by atoms with E-state index in [1.54, 1.807) is 18.3 Å². The van der Waals surface area contributed by atoms with Crippen LogP contribution in [0, 0.1) is 6.92 Å². The number of amides is 1. The van der Waals surface area contributed by atoms with E-state index in [4.69, 9.17) is 0 Å². The third-order valence-electron chi connectivity index (χ3n) is 5.32. The lowest BCUT2D eigenvalue weighted by molar-refractivity contribution is -0.00100. The number of aromatic hydroxyl groups is 1. The topological polar surface area (TPSA) is 70.4 Å². The number of phenols is 1. The minimum absolute atomic E-state index is 0. The van der Waals surface area contributed by atoms with Crippen LogP contribution in [0.4, 0.5) is 0 Å². The van der Waals surface area contributed by atoms with Crippen molar-refractivity contribution in [2.45, 2.75) is 6.92 Å². The Hall–Kier alpha value is -2.54. The highest BCUT2D eigenvalue weighted by atomic mass is 35.5. The van der Waals surface area contributed by atoms with Crippen molar-refractivity contribution in [1.82, 2.24) is 19.8 Å². The predicted octanol–water partition coefficient (Wildman–Crippen LogP) is -2.58. The maximum Gasteiger partial charge on any atom is 1.00 e. The zero-order chi connectivity index (χ0) is 20.0. The third-order valence-corrected chi connectivity index (χ3v) is 5.32. The average molecular weight is 449 g/mol. The van der Waals surface area contributed by atoms with Crippen LogP contribution in [0.1, 0.15) is 18.9 Å². The second kappa shape index (κ2) is 9.08. The second-order valence-electron chi connectivity index (χ2n) is 7.47. The lowest BCUT2D eigenvalue weighted by Gasteiger charge is -2.12. The van der Waals surface area contributed by atoms with E-state index in [-0.39, 0.29) is 39.3 Å². The maximum absolute atomic E-state index is 12.8. The van der Waals surface area contributed by atoms with Crippen molar-refractivity contribution >= 4 is 38.5 Å². The average Bonchev–Trinajstić information content (AvgIpc) is 2.93. The Balaban J connectivity index is 0.00000240. The molecule has 8 heteroatoms. The summed E-state index contributed by atoms with van der Waals surface area (Å²) in [6, 6.07) is 9.36. The van der Waals surface area contributed by atoms with Crippen molar-refractivity contribution < 1.29 is 37.6 Å². The van der Waals surface area contributed by atoms with Gasteiger partial charge in [0, 0.05) is 48.0 Å². The van der Waals surface area contributed by atoms with Crippen molar-refractivity contribution in [3.05, 3.63) is 47.8 Å². The number of pyridine rings is 1. The van der Waals surface area contributed by atoms with E-state index in [2.05, 4.69) is 21.8 Å². The van der Waals surface area contributed by atoms with Crippen LogP contribution in [0.5, 0.6) is 5.75 Å². The molecule has 6 nitrogen and oxygen atoms in total. The van der Waals surface area contributed by atoms with Gasteiger partial charge in [0.15, 0.2) is 0 Å². The van der Waals surface area contributed by atoms with Crippen LogP contribution < -0.4 is 30.1 Å². The van der Waals surface area contributed by atoms with Crippen LogP contribution in [0.25, 0.3) is 32.6 Å². The molecule has 0 radical (unpaired) electrons. The van der Waals surface area contributed by atoms with Crippen LogP contribution in [0.3, 0.4) is 0 Å². The molecular weight excluding hydrogens is 423 g/mol. The van der Waals surface area contributed by atoms with Gasteiger partial charge in [-0.1, -0.05) is 0 Å². The molecule has 30 heavy (non-hydrogen) atoms. The number of halogens is 2. The van der Waals surface area contributed by atoms with Gasteiger partial charge in [0.1, 0.15) is 11.4 Å². The first-order valence-electron chi connectivity index (χ1n) is 9.31. The number of nitrogens with zero attached hydrogens (tertiary/aromatic N) is 3. The lowest BCUT2D eigenvalue weighted by Crippen LogP contribution is -3.00. The summed E-state index contributed by atoms with van der Waals surface area (Å²) in [5.41, 5.74) is 3.66. The molecule has 0 aliphatic heterocycles. The molecule has 0 aliphatic carbocycles. The second-order valence-corrected chi connectivity index (χ2v) is 7.47. The molecule has 0 saturated carbocycles. The number of aryl methyl sites for hydroxylation is 2. The summed E-state index contributed by atoms with van der Waals surface area (Å²) in [6.45, 7) is 3.40. The standard InChI is InChI=1S/C22H24N4O2.2ClH/c1-13-15-7-8-23-20(22(28)24-9-10-25(2)3)17(15)12-18-16-11-14(27)5-6-19(16)26(4)21(13)18;;/h5-8,11-12,27H,9-10H2,1-4H3,(H,24,28);2*1H. The first kappa shape index (κ1) is 23.7. The van der Waals surface area contributed by atoms with Gasteiger partial charge in [-0.15, -0.1) is 0 Å². The SMILES string of the molecule is Cc1c2ccnc(C(=O)NCCN(C)C)c2cc2c3cc(O)ccc3n(C)c12.[Cl-].[Cl-].[H+].[H+].